The Kier molecular flexibility index (Phi) is 7.41. The second-order valence-electron chi connectivity index (χ2n) is 8.74. The lowest BCUT2D eigenvalue weighted by molar-refractivity contribution is 0.598. The molecule has 192 valence electrons. The van der Waals surface area contributed by atoms with Crippen LogP contribution in [0, 0.1) is 0 Å². The van der Waals surface area contributed by atoms with Gasteiger partial charge in [0.15, 0.2) is 37.7 Å². The minimum absolute atomic E-state index is 0.144. The van der Waals surface area contributed by atoms with Crippen molar-refractivity contribution in [2.24, 2.45) is 0 Å². The van der Waals surface area contributed by atoms with E-state index in [-0.39, 0.29) is 22.0 Å². The highest BCUT2D eigenvalue weighted by Crippen LogP contribution is 2.26. The molecule has 0 atom stereocenters. The van der Waals surface area contributed by atoms with Gasteiger partial charge in [0.05, 0.1) is 0 Å². The zero-order valence-corrected chi connectivity index (χ0v) is 21.6. The largest absolute Gasteiger partial charge is 0.364 e. The summed E-state index contributed by atoms with van der Waals surface area (Å²) in [5.74, 6) is 0.888. The van der Waals surface area contributed by atoms with E-state index in [2.05, 4.69) is 35.9 Å². The number of anilines is 3. The van der Waals surface area contributed by atoms with Crippen molar-refractivity contribution in [3.05, 3.63) is 108 Å². The first-order valence-electron chi connectivity index (χ1n) is 12.1. The van der Waals surface area contributed by atoms with E-state index in [1.54, 1.807) is 0 Å². The van der Waals surface area contributed by atoms with Crippen LogP contribution in [0.15, 0.2) is 96.0 Å². The van der Waals surface area contributed by atoms with Gasteiger partial charge in [-0.2, -0.15) is 9.97 Å². The van der Waals surface area contributed by atoms with Crippen LogP contribution < -0.4 is 16.0 Å². The van der Waals surface area contributed by atoms with Crippen LogP contribution in [0.4, 0.5) is 17.6 Å². The first kappa shape index (κ1) is 25.1. The fraction of sp³-hybridized carbons (Fsp3) is 0.143. The molecule has 0 spiro atoms. The molecular formula is C28H27N7O2S. The summed E-state index contributed by atoms with van der Waals surface area (Å²) in [7, 11) is -3.70. The number of hydrogen-bond acceptors (Lipinski definition) is 9. The molecule has 0 unspecified atom stereocenters. The Morgan fingerprint density at radius 2 is 1.05 bits per heavy atom. The molecule has 0 bridgehead atoms. The van der Waals surface area contributed by atoms with Crippen LogP contribution in [-0.2, 0) is 29.5 Å². The van der Waals surface area contributed by atoms with E-state index in [1.165, 1.54) is 0 Å². The molecule has 3 N–H and O–H groups in total. The average molecular weight is 526 g/mol. The maximum atomic E-state index is 12.7. The summed E-state index contributed by atoms with van der Waals surface area (Å²) >= 11 is 0. The maximum Gasteiger partial charge on any atom is 0.227 e. The van der Waals surface area contributed by atoms with Crippen LogP contribution >= 0.6 is 0 Å². The number of nitrogens with zero attached hydrogens (tertiary/aromatic N) is 4. The van der Waals surface area contributed by atoms with Crippen molar-refractivity contribution in [2.45, 2.75) is 24.7 Å². The van der Waals surface area contributed by atoms with E-state index in [4.69, 9.17) is 0 Å². The van der Waals surface area contributed by atoms with E-state index < -0.39 is 9.84 Å². The molecule has 2 heterocycles. The molecule has 0 aliphatic heterocycles. The fourth-order valence-corrected chi connectivity index (χ4v) is 4.57. The maximum absolute atomic E-state index is 12.7. The molecule has 0 radical (unpaired) electrons. The highest BCUT2D eigenvalue weighted by molar-refractivity contribution is 7.90. The Bertz CT molecular complexity index is 1630. The van der Waals surface area contributed by atoms with Crippen molar-refractivity contribution >= 4 is 38.6 Å². The van der Waals surface area contributed by atoms with Gasteiger partial charge in [0.2, 0.25) is 5.95 Å². The highest BCUT2D eigenvalue weighted by atomic mass is 32.2. The second-order valence-corrected chi connectivity index (χ2v) is 10.7. The predicted molar refractivity (Wildman–Crippen MR) is 150 cm³/mol. The van der Waals surface area contributed by atoms with Crippen LogP contribution in [0.5, 0.6) is 0 Å². The number of fused-ring (bicyclic) bond motifs is 1. The number of aromatic nitrogens is 4. The zero-order valence-electron chi connectivity index (χ0n) is 20.8. The van der Waals surface area contributed by atoms with Crippen LogP contribution in [0.2, 0.25) is 0 Å². The molecule has 3 aromatic carbocycles. The summed E-state index contributed by atoms with van der Waals surface area (Å²) in [6.45, 7) is 1.36. The summed E-state index contributed by atoms with van der Waals surface area (Å²) in [6.07, 6.45) is 1.12. The number of benzene rings is 3. The number of sulfone groups is 1. The predicted octanol–water partition coefficient (Wildman–Crippen LogP) is 4.66. The van der Waals surface area contributed by atoms with Crippen molar-refractivity contribution in [2.75, 3.05) is 22.2 Å². The summed E-state index contributed by atoms with van der Waals surface area (Å²) in [5.41, 5.74) is 3.63. The van der Waals surface area contributed by atoms with E-state index in [9.17, 15) is 8.42 Å². The van der Waals surface area contributed by atoms with Crippen molar-refractivity contribution in [1.82, 2.24) is 19.9 Å². The van der Waals surface area contributed by atoms with Gasteiger partial charge in [0.25, 0.3) is 0 Å². The van der Waals surface area contributed by atoms with Gasteiger partial charge in [-0.15, -0.1) is 0 Å². The van der Waals surface area contributed by atoms with Gasteiger partial charge >= 0.3 is 0 Å². The average Bonchev–Trinajstić information content (AvgIpc) is 2.94. The first-order chi connectivity index (χ1) is 18.5. The van der Waals surface area contributed by atoms with Crippen molar-refractivity contribution in [3.8, 4) is 0 Å². The Hall–Kier alpha value is -4.57. The van der Waals surface area contributed by atoms with Crippen LogP contribution in [0.3, 0.4) is 0 Å². The quantitative estimate of drug-likeness (QED) is 0.239. The molecule has 5 aromatic rings. The third-order valence-electron chi connectivity index (χ3n) is 5.75. The van der Waals surface area contributed by atoms with E-state index in [0.717, 1.165) is 22.9 Å². The molecule has 38 heavy (non-hydrogen) atoms. The summed E-state index contributed by atoms with van der Waals surface area (Å²) in [6, 6.07) is 29.4. The van der Waals surface area contributed by atoms with Crippen LogP contribution in [0.25, 0.3) is 11.2 Å². The fourth-order valence-electron chi connectivity index (χ4n) is 3.85. The SMILES string of the molecule is CS(=O)(=O)c1nc2c(NCc3ccccc3)nc(NCc3ccccc3)nc2nc1NCc1ccccc1. The molecule has 0 saturated heterocycles. The molecule has 0 amide bonds. The molecule has 2 aromatic heterocycles. The third kappa shape index (κ3) is 6.22. The molecule has 0 saturated carbocycles. The van der Waals surface area contributed by atoms with Crippen molar-refractivity contribution in [1.29, 1.82) is 0 Å². The number of rotatable bonds is 10. The Labute approximate surface area is 221 Å². The minimum atomic E-state index is -3.70. The van der Waals surface area contributed by atoms with Crippen molar-refractivity contribution < 1.29 is 8.42 Å². The van der Waals surface area contributed by atoms with E-state index in [1.807, 2.05) is 91.0 Å². The zero-order chi connectivity index (χ0) is 26.4. The minimum Gasteiger partial charge on any atom is -0.364 e. The highest BCUT2D eigenvalue weighted by Gasteiger charge is 2.22. The second kappa shape index (κ2) is 11.2. The topological polar surface area (TPSA) is 122 Å². The van der Waals surface area contributed by atoms with Gasteiger partial charge in [0.1, 0.15) is 0 Å². The van der Waals surface area contributed by atoms with Gasteiger partial charge in [-0.1, -0.05) is 91.0 Å². The molecule has 10 heteroatoms. The number of hydrogen-bond donors (Lipinski definition) is 3. The number of nitrogens with one attached hydrogen (secondary N) is 3. The van der Waals surface area contributed by atoms with Crippen LogP contribution in [0.1, 0.15) is 16.7 Å². The molecular weight excluding hydrogens is 498 g/mol. The lowest BCUT2D eigenvalue weighted by Gasteiger charge is -2.14. The molecule has 0 fully saturated rings. The smallest absolute Gasteiger partial charge is 0.227 e. The lowest BCUT2D eigenvalue weighted by atomic mass is 10.2. The van der Waals surface area contributed by atoms with Crippen molar-refractivity contribution in [3.63, 3.8) is 0 Å². The van der Waals surface area contributed by atoms with Gasteiger partial charge < -0.3 is 16.0 Å². The van der Waals surface area contributed by atoms with E-state index >= 15 is 0 Å². The summed E-state index contributed by atoms with van der Waals surface area (Å²) in [5, 5.41) is 9.51. The first-order valence-corrected chi connectivity index (χ1v) is 14.0. The van der Waals surface area contributed by atoms with Gasteiger partial charge in [-0.3, -0.25) is 0 Å². The van der Waals surface area contributed by atoms with Gasteiger partial charge in [0, 0.05) is 25.9 Å². The Balaban J connectivity index is 1.54. The lowest BCUT2D eigenvalue weighted by Crippen LogP contribution is -2.14. The molecule has 0 aliphatic rings. The summed E-state index contributed by atoms with van der Waals surface area (Å²) in [4.78, 5) is 18.3. The monoisotopic (exact) mass is 525 g/mol. The van der Waals surface area contributed by atoms with Crippen LogP contribution in [-0.4, -0.2) is 34.6 Å². The third-order valence-corrected chi connectivity index (χ3v) is 6.74. The molecule has 9 nitrogen and oxygen atoms in total. The Morgan fingerprint density at radius 1 is 0.579 bits per heavy atom. The molecule has 5 rings (SSSR count). The van der Waals surface area contributed by atoms with E-state index in [0.29, 0.717) is 31.4 Å². The van der Waals surface area contributed by atoms with Gasteiger partial charge in [-0.25, -0.2) is 18.4 Å². The summed E-state index contributed by atoms with van der Waals surface area (Å²) < 4.78 is 25.4. The normalized spacial score (nSPS) is 11.3. The molecule has 0 aliphatic carbocycles. The van der Waals surface area contributed by atoms with Gasteiger partial charge in [-0.05, 0) is 16.7 Å². The standard InChI is InChI=1S/C28H27N7O2S/c1-38(36,37)27-26(30-18-21-13-7-3-8-14-21)33-25-23(32-27)24(29-17-20-11-5-2-6-12-20)34-28(35-25)31-19-22-15-9-4-10-16-22/h2-16H,17-19H2,1H3,(H3,29,30,31,33,34,35). The Morgan fingerprint density at radius 3 is 1.55 bits per heavy atom.